The van der Waals surface area contributed by atoms with E-state index in [-0.39, 0.29) is 15.5 Å². The monoisotopic (exact) mass is 458 g/mol. The first-order valence-electron chi connectivity index (χ1n) is 9.63. The van der Waals surface area contributed by atoms with Crippen LogP contribution in [0.1, 0.15) is 28.4 Å². The Hall–Kier alpha value is -3.03. The van der Waals surface area contributed by atoms with Gasteiger partial charge in [0.1, 0.15) is 10.6 Å². The normalized spacial score (nSPS) is 11.1. The van der Waals surface area contributed by atoms with Gasteiger partial charge in [0, 0.05) is 11.3 Å². The Morgan fingerprint density at radius 3 is 2.35 bits per heavy atom. The summed E-state index contributed by atoms with van der Waals surface area (Å²) in [5.74, 6) is 0.238. The fraction of sp³-hybridized carbons (Fsp3) is 0.174. The number of benzene rings is 3. The van der Waals surface area contributed by atoms with Gasteiger partial charge in [-0.05, 0) is 74.9 Å². The van der Waals surface area contributed by atoms with E-state index < -0.39 is 15.9 Å². The van der Waals surface area contributed by atoms with E-state index in [1.807, 2.05) is 32.9 Å². The number of carbonyl (C=O) groups excluding carboxylic acids is 1. The molecular formula is C23H23ClN2O4S. The van der Waals surface area contributed by atoms with Gasteiger partial charge in [0.05, 0.1) is 17.3 Å². The van der Waals surface area contributed by atoms with E-state index in [9.17, 15) is 13.2 Å². The first-order valence-corrected chi connectivity index (χ1v) is 11.5. The molecule has 31 heavy (non-hydrogen) atoms. The molecule has 0 atom stereocenters. The quantitative estimate of drug-likeness (QED) is 0.495. The molecule has 2 N–H and O–H groups in total. The average molecular weight is 459 g/mol. The van der Waals surface area contributed by atoms with Gasteiger partial charge in [-0.1, -0.05) is 29.3 Å². The van der Waals surface area contributed by atoms with Gasteiger partial charge >= 0.3 is 0 Å². The highest BCUT2D eigenvalue weighted by Gasteiger charge is 2.21. The number of carbonyl (C=O) groups is 1. The number of sulfonamides is 1. The smallest absolute Gasteiger partial charge is 0.263 e. The minimum Gasteiger partial charge on any atom is -0.494 e. The zero-order valence-electron chi connectivity index (χ0n) is 17.4. The van der Waals surface area contributed by atoms with E-state index in [2.05, 4.69) is 10.0 Å². The van der Waals surface area contributed by atoms with Crippen LogP contribution in [0.25, 0.3) is 0 Å². The summed E-state index contributed by atoms with van der Waals surface area (Å²) in [6.07, 6.45) is 0. The molecular weight excluding hydrogens is 436 g/mol. The van der Waals surface area contributed by atoms with Gasteiger partial charge in [0.2, 0.25) is 0 Å². The molecule has 0 fully saturated rings. The average Bonchev–Trinajstić information content (AvgIpc) is 2.72. The maximum absolute atomic E-state index is 13.0. The van der Waals surface area contributed by atoms with E-state index in [1.165, 1.54) is 18.2 Å². The summed E-state index contributed by atoms with van der Waals surface area (Å²) in [4.78, 5) is 12.5. The molecule has 8 heteroatoms. The second-order valence-corrected chi connectivity index (χ2v) is 9.04. The molecule has 3 aromatic carbocycles. The number of anilines is 2. The molecule has 0 saturated heterocycles. The summed E-state index contributed by atoms with van der Waals surface area (Å²) < 4.78 is 33.8. The molecule has 0 aromatic heterocycles. The van der Waals surface area contributed by atoms with Crippen molar-refractivity contribution >= 4 is 38.9 Å². The Morgan fingerprint density at radius 1 is 1.00 bits per heavy atom. The highest BCUT2D eigenvalue weighted by molar-refractivity contribution is 7.92. The topological polar surface area (TPSA) is 84.5 Å². The minimum absolute atomic E-state index is 0.0230. The van der Waals surface area contributed by atoms with Crippen LogP contribution in [-0.4, -0.2) is 20.9 Å². The highest BCUT2D eigenvalue weighted by atomic mass is 35.5. The van der Waals surface area contributed by atoms with E-state index in [4.69, 9.17) is 16.3 Å². The predicted octanol–water partition coefficient (Wildman–Crippen LogP) is 5.41. The molecule has 0 aliphatic heterocycles. The van der Waals surface area contributed by atoms with Gasteiger partial charge < -0.3 is 10.1 Å². The van der Waals surface area contributed by atoms with Crippen molar-refractivity contribution in [2.75, 3.05) is 16.6 Å². The molecule has 0 bridgehead atoms. The number of halogens is 1. The van der Waals surface area contributed by atoms with Crippen LogP contribution in [0.3, 0.4) is 0 Å². The summed E-state index contributed by atoms with van der Waals surface area (Å²) >= 11 is 6.16. The van der Waals surface area contributed by atoms with Crippen molar-refractivity contribution in [3.63, 3.8) is 0 Å². The number of hydrogen-bond donors (Lipinski definition) is 2. The summed E-state index contributed by atoms with van der Waals surface area (Å²) in [7, 11) is -4.00. The lowest BCUT2D eigenvalue weighted by Gasteiger charge is -2.13. The number of hydrogen-bond acceptors (Lipinski definition) is 4. The largest absolute Gasteiger partial charge is 0.494 e. The van der Waals surface area contributed by atoms with Crippen LogP contribution in [0.2, 0.25) is 5.02 Å². The standard InChI is InChI=1S/C23H23ClN2O4S/c1-4-30-19-9-7-18(8-10-19)25-23(27)17-6-11-20(24)22(14-17)31(28,29)26-21-12-5-15(2)13-16(21)3/h5-14,26H,4H2,1-3H3,(H,25,27). The van der Waals surface area contributed by atoms with Crippen LogP contribution in [-0.2, 0) is 10.0 Å². The zero-order valence-corrected chi connectivity index (χ0v) is 19.0. The van der Waals surface area contributed by atoms with Crippen LogP contribution in [0.15, 0.2) is 65.6 Å². The summed E-state index contributed by atoms with van der Waals surface area (Å²) in [6, 6.07) is 16.4. The van der Waals surface area contributed by atoms with Gasteiger partial charge in [0.15, 0.2) is 0 Å². The molecule has 3 rings (SSSR count). The van der Waals surface area contributed by atoms with Crippen LogP contribution in [0.4, 0.5) is 11.4 Å². The third-order valence-electron chi connectivity index (χ3n) is 4.53. The molecule has 0 saturated carbocycles. The molecule has 162 valence electrons. The van der Waals surface area contributed by atoms with E-state index in [0.29, 0.717) is 23.7 Å². The maximum Gasteiger partial charge on any atom is 0.263 e. The van der Waals surface area contributed by atoms with Crippen molar-refractivity contribution in [3.05, 3.63) is 82.4 Å². The van der Waals surface area contributed by atoms with Crippen molar-refractivity contribution < 1.29 is 17.9 Å². The second-order valence-electron chi connectivity index (χ2n) is 6.98. The zero-order chi connectivity index (χ0) is 22.6. The van der Waals surface area contributed by atoms with E-state index >= 15 is 0 Å². The first-order chi connectivity index (χ1) is 14.7. The van der Waals surface area contributed by atoms with Crippen molar-refractivity contribution in [1.82, 2.24) is 0 Å². The molecule has 0 aliphatic carbocycles. The predicted molar refractivity (Wildman–Crippen MR) is 124 cm³/mol. The molecule has 0 radical (unpaired) electrons. The van der Waals surface area contributed by atoms with Crippen molar-refractivity contribution in [2.45, 2.75) is 25.7 Å². The number of nitrogens with one attached hydrogen (secondary N) is 2. The Labute approximate surface area is 187 Å². The maximum atomic E-state index is 13.0. The molecule has 0 aliphatic rings. The lowest BCUT2D eigenvalue weighted by molar-refractivity contribution is 0.102. The second kappa shape index (κ2) is 9.41. The molecule has 1 amide bonds. The van der Waals surface area contributed by atoms with E-state index in [1.54, 1.807) is 30.3 Å². The van der Waals surface area contributed by atoms with Gasteiger partial charge in [-0.15, -0.1) is 0 Å². The molecule has 0 spiro atoms. The van der Waals surface area contributed by atoms with Gasteiger partial charge in [-0.2, -0.15) is 0 Å². The Kier molecular flexibility index (Phi) is 6.87. The van der Waals surface area contributed by atoms with Crippen LogP contribution >= 0.6 is 11.6 Å². The summed E-state index contributed by atoms with van der Waals surface area (Å²) in [5, 5.41) is 2.76. The van der Waals surface area contributed by atoms with Crippen molar-refractivity contribution in [1.29, 1.82) is 0 Å². The summed E-state index contributed by atoms with van der Waals surface area (Å²) in [6.45, 7) is 6.17. The summed E-state index contributed by atoms with van der Waals surface area (Å²) in [5.41, 5.74) is 2.97. The minimum atomic E-state index is -4.00. The number of rotatable bonds is 7. The molecule has 0 heterocycles. The number of aryl methyl sites for hydroxylation is 2. The van der Waals surface area contributed by atoms with Gasteiger partial charge in [0.25, 0.3) is 15.9 Å². The Bertz CT molecular complexity index is 1210. The SMILES string of the molecule is CCOc1ccc(NC(=O)c2ccc(Cl)c(S(=O)(=O)Nc3ccc(C)cc3C)c2)cc1. The van der Waals surface area contributed by atoms with Crippen LogP contribution in [0.5, 0.6) is 5.75 Å². The van der Waals surface area contributed by atoms with Crippen LogP contribution < -0.4 is 14.8 Å². The van der Waals surface area contributed by atoms with Crippen molar-refractivity contribution in [2.24, 2.45) is 0 Å². The molecule has 0 unspecified atom stereocenters. The third-order valence-corrected chi connectivity index (χ3v) is 6.38. The van der Waals surface area contributed by atoms with Gasteiger partial charge in [-0.3, -0.25) is 9.52 Å². The van der Waals surface area contributed by atoms with E-state index in [0.717, 1.165) is 11.1 Å². The van der Waals surface area contributed by atoms with Crippen molar-refractivity contribution in [3.8, 4) is 5.75 Å². The first kappa shape index (κ1) is 22.7. The van der Waals surface area contributed by atoms with Crippen LogP contribution in [0, 0.1) is 13.8 Å². The highest BCUT2D eigenvalue weighted by Crippen LogP contribution is 2.27. The Balaban J connectivity index is 1.83. The Morgan fingerprint density at radius 2 is 1.71 bits per heavy atom. The lowest BCUT2D eigenvalue weighted by Crippen LogP contribution is -2.17. The van der Waals surface area contributed by atoms with Gasteiger partial charge in [-0.25, -0.2) is 8.42 Å². The number of amides is 1. The fourth-order valence-corrected chi connectivity index (χ4v) is 4.64. The molecule has 6 nitrogen and oxygen atoms in total. The third kappa shape index (κ3) is 5.57. The lowest BCUT2D eigenvalue weighted by atomic mass is 10.1. The fourth-order valence-electron chi connectivity index (χ4n) is 2.98. The molecule has 3 aromatic rings. The number of ether oxygens (including phenoxy) is 1.